The molecule has 0 saturated carbocycles. The highest BCUT2D eigenvalue weighted by Gasteiger charge is 2.11. The molecule has 0 aliphatic rings. The molecule has 5 rings (SSSR count). The fraction of sp³-hybridized carbons (Fsp3) is 0.0625. The molecular formula is C32H28N2. The van der Waals surface area contributed by atoms with Gasteiger partial charge >= 0.3 is 0 Å². The first-order chi connectivity index (χ1) is 16.8. The standard InChI is InChI=1S/C32H28N2/c1-2-24-17-22-29(33-28-20-18-26(19-21-28)25-11-5-3-6-12-25)23-31(24)30-15-9-10-16-32(30)34-27-13-7-4-8-14-27/h3-23,33-34H,2H2,1H3. The van der Waals surface area contributed by atoms with Gasteiger partial charge in [0.25, 0.3) is 0 Å². The summed E-state index contributed by atoms with van der Waals surface area (Å²) in [5.41, 5.74) is 10.6. The number of para-hydroxylation sites is 2. The first-order valence-electron chi connectivity index (χ1n) is 11.8. The minimum absolute atomic E-state index is 0.973. The Morgan fingerprint density at radius 1 is 0.471 bits per heavy atom. The van der Waals surface area contributed by atoms with Gasteiger partial charge in [0, 0.05) is 28.3 Å². The lowest BCUT2D eigenvalue weighted by atomic mass is 9.95. The van der Waals surface area contributed by atoms with Gasteiger partial charge in [0.1, 0.15) is 0 Å². The molecule has 0 spiro atoms. The van der Waals surface area contributed by atoms with Crippen molar-refractivity contribution in [3.63, 3.8) is 0 Å². The Morgan fingerprint density at radius 3 is 1.79 bits per heavy atom. The molecule has 34 heavy (non-hydrogen) atoms. The molecule has 0 radical (unpaired) electrons. The van der Waals surface area contributed by atoms with Crippen LogP contribution in [0.3, 0.4) is 0 Å². The summed E-state index contributed by atoms with van der Waals surface area (Å²) in [6, 6.07) is 44.6. The zero-order valence-electron chi connectivity index (χ0n) is 19.3. The second-order valence-corrected chi connectivity index (χ2v) is 8.33. The van der Waals surface area contributed by atoms with E-state index in [2.05, 4.69) is 133 Å². The topological polar surface area (TPSA) is 24.1 Å². The predicted molar refractivity (Wildman–Crippen MR) is 146 cm³/mol. The Morgan fingerprint density at radius 2 is 1.06 bits per heavy atom. The largest absolute Gasteiger partial charge is 0.356 e. The summed E-state index contributed by atoms with van der Waals surface area (Å²) < 4.78 is 0. The summed E-state index contributed by atoms with van der Waals surface area (Å²) in [5.74, 6) is 0. The van der Waals surface area contributed by atoms with Crippen LogP contribution in [0.4, 0.5) is 22.7 Å². The number of hydrogen-bond acceptors (Lipinski definition) is 2. The number of anilines is 4. The zero-order valence-corrected chi connectivity index (χ0v) is 19.3. The van der Waals surface area contributed by atoms with E-state index >= 15 is 0 Å². The first kappa shape index (κ1) is 21.5. The van der Waals surface area contributed by atoms with Crippen molar-refractivity contribution in [1.29, 1.82) is 0 Å². The monoisotopic (exact) mass is 440 g/mol. The highest BCUT2D eigenvalue weighted by molar-refractivity contribution is 5.85. The summed E-state index contributed by atoms with van der Waals surface area (Å²) in [6.45, 7) is 2.21. The van der Waals surface area contributed by atoms with Crippen LogP contribution in [-0.2, 0) is 6.42 Å². The van der Waals surface area contributed by atoms with Gasteiger partial charge in [0.05, 0.1) is 0 Å². The molecule has 5 aromatic carbocycles. The molecule has 0 aliphatic carbocycles. The van der Waals surface area contributed by atoms with Gasteiger partial charge in [-0.2, -0.15) is 0 Å². The molecule has 0 atom stereocenters. The fourth-order valence-electron chi connectivity index (χ4n) is 4.26. The maximum atomic E-state index is 3.59. The van der Waals surface area contributed by atoms with Crippen molar-refractivity contribution < 1.29 is 0 Å². The van der Waals surface area contributed by atoms with Gasteiger partial charge in [-0.15, -0.1) is 0 Å². The number of rotatable bonds is 7. The summed E-state index contributed by atoms with van der Waals surface area (Å²) in [4.78, 5) is 0. The molecule has 2 nitrogen and oxygen atoms in total. The molecule has 166 valence electrons. The second kappa shape index (κ2) is 10.1. The van der Waals surface area contributed by atoms with Crippen LogP contribution in [-0.4, -0.2) is 0 Å². The van der Waals surface area contributed by atoms with E-state index in [0.717, 1.165) is 29.2 Å². The van der Waals surface area contributed by atoms with Crippen molar-refractivity contribution in [2.75, 3.05) is 10.6 Å². The van der Waals surface area contributed by atoms with Gasteiger partial charge in [-0.25, -0.2) is 0 Å². The Balaban J connectivity index is 1.44. The molecule has 0 aliphatic heterocycles. The van der Waals surface area contributed by atoms with Gasteiger partial charge in [-0.3, -0.25) is 0 Å². The smallest absolute Gasteiger partial charge is 0.0464 e. The van der Waals surface area contributed by atoms with Crippen molar-refractivity contribution >= 4 is 22.7 Å². The number of benzene rings is 5. The Bertz CT molecular complexity index is 1360. The lowest BCUT2D eigenvalue weighted by Gasteiger charge is -2.17. The van der Waals surface area contributed by atoms with Gasteiger partial charge in [0.2, 0.25) is 0 Å². The summed E-state index contributed by atoms with van der Waals surface area (Å²) in [5, 5.41) is 7.19. The minimum Gasteiger partial charge on any atom is -0.356 e. The molecular weight excluding hydrogens is 412 g/mol. The van der Waals surface area contributed by atoms with Crippen LogP contribution in [0.1, 0.15) is 12.5 Å². The Hall–Kier alpha value is -4.30. The molecule has 0 heterocycles. The molecule has 0 unspecified atom stereocenters. The van der Waals surface area contributed by atoms with E-state index in [1.807, 2.05) is 12.1 Å². The quantitative estimate of drug-likeness (QED) is 0.264. The molecule has 0 saturated heterocycles. The van der Waals surface area contributed by atoms with Crippen LogP contribution in [0, 0.1) is 0 Å². The van der Waals surface area contributed by atoms with Crippen molar-refractivity contribution in [2.45, 2.75) is 13.3 Å². The molecule has 2 N–H and O–H groups in total. The normalized spacial score (nSPS) is 10.6. The van der Waals surface area contributed by atoms with Crippen LogP contribution in [0.15, 0.2) is 127 Å². The average molecular weight is 441 g/mol. The van der Waals surface area contributed by atoms with Crippen molar-refractivity contribution in [2.24, 2.45) is 0 Å². The fourth-order valence-corrected chi connectivity index (χ4v) is 4.26. The average Bonchev–Trinajstić information content (AvgIpc) is 2.90. The van der Waals surface area contributed by atoms with Crippen molar-refractivity contribution in [1.82, 2.24) is 0 Å². The predicted octanol–water partition coefficient (Wildman–Crippen LogP) is 9.07. The molecule has 5 aromatic rings. The van der Waals surface area contributed by atoms with E-state index in [4.69, 9.17) is 0 Å². The SMILES string of the molecule is CCc1ccc(Nc2ccc(-c3ccccc3)cc2)cc1-c1ccccc1Nc1ccccc1. The van der Waals surface area contributed by atoms with Gasteiger partial charge in [-0.1, -0.05) is 91.9 Å². The van der Waals surface area contributed by atoms with E-state index < -0.39 is 0 Å². The third-order valence-electron chi connectivity index (χ3n) is 6.04. The highest BCUT2D eigenvalue weighted by atomic mass is 14.9. The highest BCUT2D eigenvalue weighted by Crippen LogP contribution is 2.35. The molecule has 0 fully saturated rings. The minimum atomic E-state index is 0.973. The number of hydrogen-bond donors (Lipinski definition) is 2. The van der Waals surface area contributed by atoms with Crippen LogP contribution in [0.25, 0.3) is 22.3 Å². The maximum absolute atomic E-state index is 3.59. The van der Waals surface area contributed by atoms with Crippen molar-refractivity contribution in [3.8, 4) is 22.3 Å². The lowest BCUT2D eigenvalue weighted by Crippen LogP contribution is -1.97. The Labute approximate surface area is 201 Å². The van der Waals surface area contributed by atoms with Crippen molar-refractivity contribution in [3.05, 3.63) is 133 Å². The van der Waals surface area contributed by atoms with E-state index in [0.29, 0.717) is 0 Å². The zero-order chi connectivity index (χ0) is 23.2. The second-order valence-electron chi connectivity index (χ2n) is 8.33. The number of nitrogens with one attached hydrogen (secondary N) is 2. The van der Waals surface area contributed by atoms with Gasteiger partial charge in [-0.05, 0) is 71.1 Å². The first-order valence-corrected chi connectivity index (χ1v) is 11.8. The van der Waals surface area contributed by atoms with Gasteiger partial charge < -0.3 is 10.6 Å². The van der Waals surface area contributed by atoms with Crippen LogP contribution in [0.2, 0.25) is 0 Å². The van der Waals surface area contributed by atoms with Crippen LogP contribution in [0.5, 0.6) is 0 Å². The third-order valence-corrected chi connectivity index (χ3v) is 6.04. The van der Waals surface area contributed by atoms with Crippen LogP contribution >= 0.6 is 0 Å². The van der Waals surface area contributed by atoms with Gasteiger partial charge in [0.15, 0.2) is 0 Å². The Kier molecular flexibility index (Phi) is 6.40. The molecule has 0 aromatic heterocycles. The molecule has 2 heteroatoms. The molecule has 0 bridgehead atoms. The lowest BCUT2D eigenvalue weighted by molar-refractivity contribution is 1.14. The molecule has 0 amide bonds. The van der Waals surface area contributed by atoms with E-state index in [9.17, 15) is 0 Å². The summed E-state index contributed by atoms with van der Waals surface area (Å²) in [7, 11) is 0. The van der Waals surface area contributed by atoms with E-state index in [-0.39, 0.29) is 0 Å². The van der Waals surface area contributed by atoms with Crippen LogP contribution < -0.4 is 10.6 Å². The number of aryl methyl sites for hydroxylation is 1. The van der Waals surface area contributed by atoms with E-state index in [1.54, 1.807) is 0 Å². The third kappa shape index (κ3) is 4.87. The summed E-state index contributed by atoms with van der Waals surface area (Å²) >= 11 is 0. The van der Waals surface area contributed by atoms with E-state index in [1.165, 1.54) is 27.8 Å². The summed E-state index contributed by atoms with van der Waals surface area (Å²) in [6.07, 6.45) is 0.973. The maximum Gasteiger partial charge on any atom is 0.0464 e.